The lowest BCUT2D eigenvalue weighted by molar-refractivity contribution is -0.122. The molecular weight excluding hydrogens is 392 g/mol. The first kappa shape index (κ1) is 15.7. The molecule has 0 spiro atoms. The maximum absolute atomic E-state index is 12.4. The van der Waals surface area contributed by atoms with Gasteiger partial charge in [0.2, 0.25) is 16.9 Å². The third-order valence-electron chi connectivity index (χ3n) is 4.23. The number of aromatic nitrogens is 2. The maximum atomic E-state index is 12.4. The Labute approximate surface area is 151 Å². The van der Waals surface area contributed by atoms with Crippen LogP contribution in [0, 0.1) is 5.92 Å². The number of rotatable bonds is 4. The Morgan fingerprint density at radius 3 is 2.71 bits per heavy atom. The molecule has 124 valence electrons. The van der Waals surface area contributed by atoms with E-state index < -0.39 is 0 Å². The lowest BCUT2D eigenvalue weighted by Gasteiger charge is -2.16. The van der Waals surface area contributed by atoms with Crippen LogP contribution in [0.25, 0.3) is 0 Å². The van der Waals surface area contributed by atoms with Crippen LogP contribution in [0.3, 0.4) is 0 Å². The summed E-state index contributed by atoms with van der Waals surface area (Å²) in [5.74, 6) is -0.0432. The average Bonchev–Trinajstić information content (AvgIpc) is 3.19. The Bertz CT molecular complexity index is 788. The fourth-order valence-corrected chi connectivity index (χ4v) is 3.92. The van der Waals surface area contributed by atoms with Gasteiger partial charge in [0.15, 0.2) is 0 Å². The van der Waals surface area contributed by atoms with Gasteiger partial charge >= 0.3 is 0 Å². The molecule has 8 heteroatoms. The van der Waals surface area contributed by atoms with Crippen LogP contribution in [0.15, 0.2) is 28.7 Å². The molecule has 1 aromatic carbocycles. The quantitative estimate of drug-likeness (QED) is 0.845. The van der Waals surface area contributed by atoms with E-state index in [1.165, 1.54) is 11.3 Å². The number of nitrogens with one attached hydrogen (secondary N) is 1. The zero-order valence-corrected chi connectivity index (χ0v) is 15.1. The molecule has 1 aromatic heterocycles. The summed E-state index contributed by atoms with van der Waals surface area (Å²) in [6.07, 6.45) is 2.53. The summed E-state index contributed by atoms with van der Waals surface area (Å²) in [4.78, 5) is 26.3. The molecule has 1 N–H and O–H groups in total. The lowest BCUT2D eigenvalue weighted by Crippen LogP contribution is -2.28. The highest BCUT2D eigenvalue weighted by molar-refractivity contribution is 9.10. The van der Waals surface area contributed by atoms with Gasteiger partial charge in [-0.15, -0.1) is 10.2 Å². The molecule has 1 saturated carbocycles. The monoisotopic (exact) mass is 406 g/mol. The van der Waals surface area contributed by atoms with E-state index in [1.807, 2.05) is 24.3 Å². The maximum Gasteiger partial charge on any atom is 0.231 e. The Kier molecular flexibility index (Phi) is 4.09. The van der Waals surface area contributed by atoms with E-state index in [2.05, 4.69) is 31.4 Å². The van der Waals surface area contributed by atoms with Crippen LogP contribution in [0.2, 0.25) is 0 Å². The minimum Gasteiger partial charge on any atom is -0.312 e. The highest BCUT2D eigenvalue weighted by atomic mass is 79.9. The van der Waals surface area contributed by atoms with Gasteiger partial charge in [0.05, 0.1) is 5.92 Å². The average molecular weight is 407 g/mol. The molecule has 24 heavy (non-hydrogen) atoms. The van der Waals surface area contributed by atoms with Crippen molar-refractivity contribution in [1.82, 2.24) is 10.2 Å². The first-order chi connectivity index (χ1) is 11.6. The van der Waals surface area contributed by atoms with Gasteiger partial charge in [-0.3, -0.25) is 9.59 Å². The zero-order chi connectivity index (χ0) is 16.7. The number of hydrogen-bond acceptors (Lipinski definition) is 5. The molecule has 0 bridgehead atoms. The van der Waals surface area contributed by atoms with Crippen molar-refractivity contribution in [2.75, 3.05) is 16.8 Å². The van der Waals surface area contributed by atoms with Crippen LogP contribution in [0.1, 0.15) is 30.2 Å². The van der Waals surface area contributed by atoms with Crippen LogP contribution in [0.5, 0.6) is 0 Å². The van der Waals surface area contributed by atoms with Crippen LogP contribution >= 0.6 is 27.3 Å². The van der Waals surface area contributed by atoms with Crippen LogP contribution in [-0.4, -0.2) is 28.6 Å². The van der Waals surface area contributed by atoms with Gasteiger partial charge in [0.25, 0.3) is 0 Å². The molecule has 1 aliphatic heterocycles. The molecule has 2 heterocycles. The first-order valence-electron chi connectivity index (χ1n) is 7.80. The van der Waals surface area contributed by atoms with E-state index in [9.17, 15) is 9.59 Å². The van der Waals surface area contributed by atoms with Gasteiger partial charge in [-0.1, -0.05) is 27.3 Å². The largest absolute Gasteiger partial charge is 0.312 e. The van der Waals surface area contributed by atoms with Crippen molar-refractivity contribution >= 4 is 49.9 Å². The molecule has 6 nitrogen and oxygen atoms in total. The predicted octanol–water partition coefficient (Wildman–Crippen LogP) is 3.17. The fourth-order valence-electron chi connectivity index (χ4n) is 2.74. The topological polar surface area (TPSA) is 75.2 Å². The molecule has 1 saturated heterocycles. The number of hydrogen-bond donors (Lipinski definition) is 1. The smallest absolute Gasteiger partial charge is 0.231 e. The van der Waals surface area contributed by atoms with E-state index in [0.29, 0.717) is 17.6 Å². The van der Waals surface area contributed by atoms with E-state index in [4.69, 9.17) is 0 Å². The van der Waals surface area contributed by atoms with Gasteiger partial charge in [-0.05, 0) is 37.1 Å². The Morgan fingerprint density at radius 2 is 2.00 bits per heavy atom. The number of anilines is 2. The predicted molar refractivity (Wildman–Crippen MR) is 95.1 cm³/mol. The first-order valence-corrected chi connectivity index (χ1v) is 9.41. The summed E-state index contributed by atoms with van der Waals surface area (Å²) in [6, 6.07) is 7.51. The Morgan fingerprint density at radius 1 is 1.25 bits per heavy atom. The number of carbonyl (C=O) groups is 2. The summed E-state index contributed by atoms with van der Waals surface area (Å²) in [5, 5.41) is 12.5. The van der Waals surface area contributed by atoms with E-state index in [-0.39, 0.29) is 24.2 Å². The molecule has 0 radical (unpaired) electrons. The molecular formula is C16H15BrN4O2S. The fraction of sp³-hybridized carbons (Fsp3) is 0.375. The number of carbonyl (C=O) groups excluding carboxylic acids is 2. The third kappa shape index (κ3) is 3.21. The summed E-state index contributed by atoms with van der Waals surface area (Å²) in [5.41, 5.74) is 0.811. The molecule has 2 aliphatic rings. The van der Waals surface area contributed by atoms with Gasteiger partial charge < -0.3 is 10.2 Å². The lowest BCUT2D eigenvalue weighted by atomic mass is 10.1. The van der Waals surface area contributed by atoms with Crippen molar-refractivity contribution in [3.63, 3.8) is 0 Å². The summed E-state index contributed by atoms with van der Waals surface area (Å²) in [6.45, 7) is 0.389. The Hall–Kier alpha value is -1.80. The summed E-state index contributed by atoms with van der Waals surface area (Å²) >= 11 is 4.81. The highest BCUT2D eigenvalue weighted by Gasteiger charge is 2.35. The van der Waals surface area contributed by atoms with Gasteiger partial charge in [-0.25, -0.2) is 0 Å². The second kappa shape index (κ2) is 6.25. The minimum absolute atomic E-state index is 0.0339. The number of amides is 2. The van der Waals surface area contributed by atoms with Crippen molar-refractivity contribution in [1.29, 1.82) is 0 Å². The second-order valence-electron chi connectivity index (χ2n) is 6.09. The number of benzene rings is 1. The summed E-state index contributed by atoms with van der Waals surface area (Å²) < 4.78 is 0.954. The molecule has 1 unspecified atom stereocenters. The third-order valence-corrected chi connectivity index (χ3v) is 5.76. The number of nitrogens with zero attached hydrogens (tertiary/aromatic N) is 3. The second-order valence-corrected chi connectivity index (χ2v) is 8.02. The van der Waals surface area contributed by atoms with E-state index in [0.717, 1.165) is 28.0 Å². The molecule has 1 aliphatic carbocycles. The molecule has 2 fully saturated rings. The van der Waals surface area contributed by atoms with Crippen molar-refractivity contribution in [2.24, 2.45) is 5.92 Å². The van der Waals surface area contributed by atoms with Crippen LogP contribution < -0.4 is 10.2 Å². The molecule has 1 atom stereocenters. The van der Waals surface area contributed by atoms with E-state index in [1.54, 1.807) is 4.90 Å². The Balaban J connectivity index is 1.41. The van der Waals surface area contributed by atoms with Crippen LogP contribution in [-0.2, 0) is 9.59 Å². The molecule has 2 aromatic rings. The molecule has 2 amide bonds. The zero-order valence-electron chi connectivity index (χ0n) is 12.7. The van der Waals surface area contributed by atoms with Crippen molar-refractivity contribution in [2.45, 2.75) is 25.2 Å². The van der Waals surface area contributed by atoms with Crippen molar-refractivity contribution < 1.29 is 9.59 Å². The minimum atomic E-state index is -0.366. The molecule has 4 rings (SSSR count). The van der Waals surface area contributed by atoms with Crippen LogP contribution in [0.4, 0.5) is 10.8 Å². The van der Waals surface area contributed by atoms with Crippen molar-refractivity contribution in [3.8, 4) is 0 Å². The van der Waals surface area contributed by atoms with E-state index >= 15 is 0 Å². The van der Waals surface area contributed by atoms with Gasteiger partial charge in [0.1, 0.15) is 5.01 Å². The summed E-state index contributed by atoms with van der Waals surface area (Å²) in [7, 11) is 0. The SMILES string of the molecule is O=C(Nc1nnc(C2CC2)s1)C1CC(=O)N(c2ccc(Br)cc2)C1. The van der Waals surface area contributed by atoms with Gasteiger partial charge in [-0.2, -0.15) is 0 Å². The normalized spacial score (nSPS) is 20.5. The number of halogens is 1. The van der Waals surface area contributed by atoms with Crippen molar-refractivity contribution in [3.05, 3.63) is 33.7 Å². The highest BCUT2D eigenvalue weighted by Crippen LogP contribution is 2.42. The van der Waals surface area contributed by atoms with Gasteiger partial charge in [0, 0.05) is 29.0 Å². The standard InChI is InChI=1S/C16H15BrN4O2S/c17-11-3-5-12(6-4-11)21-8-10(7-13(21)22)14(23)18-16-20-19-15(24-16)9-1-2-9/h3-6,9-10H,1-2,7-8H2,(H,18,20,23).